The second kappa shape index (κ2) is 2.19. The molecule has 0 radical (unpaired) electrons. The maximum atomic E-state index is 11.2. The van der Waals surface area contributed by atoms with Gasteiger partial charge in [-0.1, -0.05) is 0 Å². The Kier molecular flexibility index (Phi) is 1.31. The number of nitrogens with one attached hydrogen (secondary N) is 1. The lowest BCUT2D eigenvalue weighted by Crippen LogP contribution is -2.09. The Morgan fingerprint density at radius 1 is 1.45 bits per heavy atom. The summed E-state index contributed by atoms with van der Waals surface area (Å²) in [5.74, 6) is 1.04. The minimum Gasteiger partial charge on any atom is -0.345 e. The van der Waals surface area contributed by atoms with Gasteiger partial charge in [-0.15, -0.1) is 0 Å². The molecule has 1 aromatic heterocycles. The number of carbonyl (C=O) groups excluding carboxylic acids is 1. The maximum absolute atomic E-state index is 11.2. The first-order valence-electron chi connectivity index (χ1n) is 3.86. The Morgan fingerprint density at radius 3 is 3.00 bits per heavy atom. The summed E-state index contributed by atoms with van der Waals surface area (Å²) >= 11 is 0. The van der Waals surface area contributed by atoms with Crippen molar-refractivity contribution in [2.75, 3.05) is 0 Å². The van der Waals surface area contributed by atoms with Gasteiger partial charge in [0.25, 0.3) is 0 Å². The first-order chi connectivity index (χ1) is 5.27. The smallest absolute Gasteiger partial charge is 0.183 e. The number of aromatic amines is 1. The third kappa shape index (κ3) is 0.964. The Balaban J connectivity index is 2.52. The standard InChI is InChI=1S/C8H10N2O/c1-5-9-6-3-2-4-7(11)8(6)10-5/h2-4H2,1H3,(H,9,10). The molecular weight excluding hydrogens is 140 g/mol. The van der Waals surface area contributed by atoms with Gasteiger partial charge in [0.15, 0.2) is 5.78 Å². The molecule has 58 valence electrons. The van der Waals surface area contributed by atoms with Crippen LogP contribution in [0.5, 0.6) is 0 Å². The first-order valence-corrected chi connectivity index (χ1v) is 3.86. The van der Waals surface area contributed by atoms with Gasteiger partial charge in [0, 0.05) is 12.1 Å². The molecule has 0 spiro atoms. The van der Waals surface area contributed by atoms with Crippen LogP contribution in [0.2, 0.25) is 0 Å². The fourth-order valence-electron chi connectivity index (χ4n) is 1.50. The van der Waals surface area contributed by atoms with Crippen LogP contribution in [-0.4, -0.2) is 15.8 Å². The lowest BCUT2D eigenvalue weighted by Gasteiger charge is -2.06. The number of imidazole rings is 1. The van der Waals surface area contributed by atoms with E-state index in [9.17, 15) is 4.79 Å². The Morgan fingerprint density at radius 2 is 2.27 bits per heavy atom. The number of fused-ring (bicyclic) bond motifs is 1. The molecule has 0 atom stereocenters. The molecule has 0 amide bonds. The van der Waals surface area contributed by atoms with Gasteiger partial charge in [0.2, 0.25) is 0 Å². The number of hydrogen-bond donors (Lipinski definition) is 1. The van der Waals surface area contributed by atoms with Crippen molar-refractivity contribution in [3.8, 4) is 0 Å². The number of aryl methyl sites for hydroxylation is 2. The van der Waals surface area contributed by atoms with Gasteiger partial charge in [-0.2, -0.15) is 0 Å². The highest BCUT2D eigenvalue weighted by atomic mass is 16.1. The number of Topliss-reactive ketones (excluding diaryl/α,β-unsaturated/α-hetero) is 1. The van der Waals surface area contributed by atoms with Crippen LogP contribution in [0.25, 0.3) is 0 Å². The van der Waals surface area contributed by atoms with Gasteiger partial charge < -0.3 is 4.98 Å². The number of carbonyl (C=O) groups is 1. The second-order valence-electron chi connectivity index (χ2n) is 2.93. The summed E-state index contributed by atoms with van der Waals surface area (Å²) < 4.78 is 0. The van der Waals surface area contributed by atoms with Crippen LogP contribution in [0.15, 0.2) is 0 Å². The van der Waals surface area contributed by atoms with Crippen molar-refractivity contribution in [2.45, 2.75) is 26.2 Å². The average molecular weight is 150 g/mol. The molecule has 3 nitrogen and oxygen atoms in total. The number of aromatic nitrogens is 2. The van der Waals surface area contributed by atoms with Crippen LogP contribution in [-0.2, 0) is 6.42 Å². The molecule has 0 unspecified atom stereocenters. The van der Waals surface area contributed by atoms with E-state index in [-0.39, 0.29) is 5.78 Å². The number of nitrogens with zero attached hydrogens (tertiary/aromatic N) is 1. The van der Waals surface area contributed by atoms with Crippen molar-refractivity contribution < 1.29 is 4.79 Å². The summed E-state index contributed by atoms with van der Waals surface area (Å²) in [4.78, 5) is 18.4. The minimum absolute atomic E-state index is 0.190. The summed E-state index contributed by atoms with van der Waals surface area (Å²) in [6.07, 6.45) is 2.60. The fraction of sp³-hybridized carbons (Fsp3) is 0.500. The Bertz CT molecular complexity index is 301. The maximum Gasteiger partial charge on any atom is 0.183 e. The number of rotatable bonds is 0. The van der Waals surface area contributed by atoms with E-state index in [2.05, 4.69) is 9.97 Å². The van der Waals surface area contributed by atoms with Gasteiger partial charge in [-0.05, 0) is 19.8 Å². The molecule has 0 aliphatic heterocycles. The van der Waals surface area contributed by atoms with E-state index in [1.807, 2.05) is 6.92 Å². The van der Waals surface area contributed by atoms with Gasteiger partial charge in [0.05, 0.1) is 0 Å². The number of hydrogen-bond acceptors (Lipinski definition) is 2. The molecular formula is C8H10N2O. The fourth-order valence-corrected chi connectivity index (χ4v) is 1.50. The van der Waals surface area contributed by atoms with E-state index in [1.165, 1.54) is 0 Å². The molecule has 1 N–H and O–H groups in total. The van der Waals surface area contributed by atoms with E-state index in [0.717, 1.165) is 24.4 Å². The number of H-pyrrole nitrogens is 1. The lowest BCUT2D eigenvalue weighted by atomic mass is 10.0. The van der Waals surface area contributed by atoms with E-state index >= 15 is 0 Å². The summed E-state index contributed by atoms with van der Waals surface area (Å²) in [5.41, 5.74) is 1.70. The molecule has 1 aliphatic carbocycles. The zero-order valence-corrected chi connectivity index (χ0v) is 6.48. The highest BCUT2D eigenvalue weighted by Crippen LogP contribution is 2.18. The van der Waals surface area contributed by atoms with E-state index in [4.69, 9.17) is 0 Å². The first kappa shape index (κ1) is 6.58. The summed E-state index contributed by atoms with van der Waals surface area (Å²) in [5, 5.41) is 0. The average Bonchev–Trinajstić information content (AvgIpc) is 2.31. The van der Waals surface area contributed by atoms with Gasteiger partial charge in [-0.25, -0.2) is 4.98 Å². The molecule has 1 aromatic rings. The summed E-state index contributed by atoms with van der Waals surface area (Å²) in [6.45, 7) is 1.88. The molecule has 0 bridgehead atoms. The molecule has 0 saturated heterocycles. The SMILES string of the molecule is Cc1nc2c([nH]1)CCCC2=O. The van der Waals surface area contributed by atoms with Crippen molar-refractivity contribution in [3.05, 3.63) is 17.2 Å². The van der Waals surface area contributed by atoms with Crippen molar-refractivity contribution in [3.63, 3.8) is 0 Å². The van der Waals surface area contributed by atoms with Crippen LogP contribution in [0.4, 0.5) is 0 Å². The molecule has 0 aromatic carbocycles. The predicted octanol–water partition coefficient (Wildman–Crippen LogP) is 1.24. The minimum atomic E-state index is 0.190. The zero-order chi connectivity index (χ0) is 7.84. The Labute approximate surface area is 64.8 Å². The molecule has 2 rings (SSSR count). The van der Waals surface area contributed by atoms with Crippen molar-refractivity contribution >= 4 is 5.78 Å². The predicted molar refractivity (Wildman–Crippen MR) is 40.6 cm³/mol. The van der Waals surface area contributed by atoms with Crippen LogP contribution >= 0.6 is 0 Å². The quantitative estimate of drug-likeness (QED) is 0.604. The molecule has 0 saturated carbocycles. The van der Waals surface area contributed by atoms with Crippen molar-refractivity contribution in [1.29, 1.82) is 0 Å². The monoisotopic (exact) mass is 150 g/mol. The second-order valence-corrected chi connectivity index (χ2v) is 2.93. The molecule has 3 heteroatoms. The van der Waals surface area contributed by atoms with Gasteiger partial charge in [-0.3, -0.25) is 4.79 Å². The zero-order valence-electron chi connectivity index (χ0n) is 6.48. The van der Waals surface area contributed by atoms with E-state index < -0.39 is 0 Å². The van der Waals surface area contributed by atoms with Crippen LogP contribution in [0.3, 0.4) is 0 Å². The molecule has 1 aliphatic rings. The third-order valence-electron chi connectivity index (χ3n) is 1.99. The largest absolute Gasteiger partial charge is 0.345 e. The van der Waals surface area contributed by atoms with Crippen molar-refractivity contribution in [2.24, 2.45) is 0 Å². The molecule has 0 fully saturated rings. The van der Waals surface area contributed by atoms with Gasteiger partial charge >= 0.3 is 0 Å². The van der Waals surface area contributed by atoms with Gasteiger partial charge in [0.1, 0.15) is 11.5 Å². The van der Waals surface area contributed by atoms with Crippen LogP contribution in [0, 0.1) is 6.92 Å². The Hall–Kier alpha value is -1.12. The summed E-state index contributed by atoms with van der Waals surface area (Å²) in [6, 6.07) is 0. The highest BCUT2D eigenvalue weighted by molar-refractivity contribution is 5.96. The lowest BCUT2D eigenvalue weighted by molar-refractivity contribution is 0.0967. The topological polar surface area (TPSA) is 45.8 Å². The normalized spacial score (nSPS) is 16.6. The van der Waals surface area contributed by atoms with Crippen LogP contribution in [0.1, 0.15) is 34.8 Å². The molecule has 1 heterocycles. The van der Waals surface area contributed by atoms with E-state index in [0.29, 0.717) is 12.1 Å². The number of ketones is 1. The molecule has 11 heavy (non-hydrogen) atoms. The summed E-state index contributed by atoms with van der Waals surface area (Å²) in [7, 11) is 0. The highest BCUT2D eigenvalue weighted by Gasteiger charge is 2.20. The van der Waals surface area contributed by atoms with Crippen molar-refractivity contribution in [1.82, 2.24) is 9.97 Å². The van der Waals surface area contributed by atoms with Crippen LogP contribution < -0.4 is 0 Å². The third-order valence-corrected chi connectivity index (χ3v) is 1.99. The van der Waals surface area contributed by atoms with E-state index in [1.54, 1.807) is 0 Å².